The highest BCUT2D eigenvalue weighted by Crippen LogP contribution is 1.90. The Morgan fingerprint density at radius 1 is 1.83 bits per heavy atom. The van der Waals surface area contributed by atoms with Crippen LogP contribution in [0.15, 0.2) is 0 Å². The monoisotopic (exact) mass is 107 g/mol. The molecule has 0 bridgehead atoms. The zero-order valence-corrected chi connectivity index (χ0v) is 4.46. The number of hydrogen-bond donors (Lipinski definition) is 0. The molecule has 0 rings (SSSR count). The molecule has 0 N–H and O–H groups in total. The van der Waals surface area contributed by atoms with E-state index >= 15 is 0 Å². The minimum atomic E-state index is 0.274. The fourth-order valence-electron chi connectivity index (χ4n) is 0.117. The van der Waals surface area contributed by atoms with E-state index in [0.29, 0.717) is 18.6 Å². The quantitative estimate of drug-likeness (QED) is 0.306. The molecule has 0 saturated heterocycles. The van der Waals surface area contributed by atoms with Gasteiger partial charge in [-0.1, -0.05) is 0 Å². The summed E-state index contributed by atoms with van der Waals surface area (Å²) in [5, 5.41) is 0. The van der Waals surface area contributed by atoms with Gasteiger partial charge in [0.2, 0.25) is 0 Å². The molecule has 1 radical (unpaired) electrons. The Hall–Kier alpha value is 0.270. The average molecular weight is 107 g/mol. The van der Waals surface area contributed by atoms with E-state index in [1.807, 2.05) is 6.92 Å². The third kappa shape index (κ3) is 4.27. The van der Waals surface area contributed by atoms with Gasteiger partial charge in [0, 0.05) is 6.61 Å². The van der Waals surface area contributed by atoms with E-state index in [2.05, 4.69) is 4.74 Å². The van der Waals surface area contributed by atoms with Gasteiger partial charge in [-0.05, 0) is 6.92 Å². The van der Waals surface area contributed by atoms with Crippen LogP contribution in [0, 0.1) is 0 Å². The minimum Gasteiger partial charge on any atom is -0.369 e. The Morgan fingerprint density at radius 3 is 2.67 bits per heavy atom. The molecule has 0 aromatic rings. The van der Waals surface area contributed by atoms with Gasteiger partial charge in [-0.25, -0.2) is 0 Å². The van der Waals surface area contributed by atoms with Crippen molar-refractivity contribution in [1.82, 2.24) is 0 Å². The molecule has 37 valence electrons. The molecule has 3 heteroatoms. The first-order chi connectivity index (χ1) is 2.91. The first-order valence-electron chi connectivity index (χ1n) is 1.74. The number of ether oxygens (including phenoxy) is 1. The highest BCUT2D eigenvalue weighted by molar-refractivity contribution is 7.93. The van der Waals surface area contributed by atoms with Crippen LogP contribution in [0.4, 0.5) is 0 Å². The van der Waals surface area contributed by atoms with Gasteiger partial charge in [0.1, 0.15) is 5.94 Å². The van der Waals surface area contributed by atoms with E-state index in [0.717, 1.165) is 0 Å². The van der Waals surface area contributed by atoms with E-state index in [1.165, 1.54) is 0 Å². The predicted octanol–water partition coefficient (Wildman–Crippen LogP) is 1.06. The molecular weight excluding hydrogens is 100 g/mol. The summed E-state index contributed by atoms with van der Waals surface area (Å²) in [5.41, 5.74) is 0. The van der Waals surface area contributed by atoms with Crippen LogP contribution in [0.5, 0.6) is 0 Å². The van der Waals surface area contributed by atoms with Crippen LogP contribution in [-0.2, 0) is 9.29 Å². The summed E-state index contributed by atoms with van der Waals surface area (Å²) < 4.78 is 14.1. The molecule has 0 atom stereocenters. The molecule has 0 amide bonds. The molecule has 0 heterocycles. The van der Waals surface area contributed by atoms with Crippen molar-refractivity contribution in [2.24, 2.45) is 0 Å². The molecular formula is C3H7O2S. The van der Waals surface area contributed by atoms with Gasteiger partial charge in [0.25, 0.3) is 0 Å². The van der Waals surface area contributed by atoms with Crippen molar-refractivity contribution in [3.05, 3.63) is 0 Å². The lowest BCUT2D eigenvalue weighted by Gasteiger charge is -1.88. The molecule has 0 aliphatic heterocycles. The summed E-state index contributed by atoms with van der Waals surface area (Å²) in [6.45, 7) is 2.49. The number of hydrogen-bond acceptors (Lipinski definition) is 2. The SMILES string of the molecule is CCOCS[O]. The Bertz CT molecular complexity index is 20.8. The number of rotatable bonds is 3. The van der Waals surface area contributed by atoms with Gasteiger partial charge in [-0.15, -0.1) is 4.55 Å². The fourth-order valence-corrected chi connectivity index (χ4v) is 0.352. The van der Waals surface area contributed by atoms with Gasteiger partial charge in [-0.2, -0.15) is 0 Å². The summed E-state index contributed by atoms with van der Waals surface area (Å²) in [7, 11) is 0. The topological polar surface area (TPSA) is 29.1 Å². The Kier molecular flexibility index (Phi) is 5.51. The fraction of sp³-hybridized carbons (Fsp3) is 1.00. The van der Waals surface area contributed by atoms with Crippen molar-refractivity contribution >= 4 is 12.0 Å². The molecule has 0 aromatic carbocycles. The Morgan fingerprint density at radius 2 is 2.50 bits per heavy atom. The summed E-state index contributed by atoms with van der Waals surface area (Å²) in [6, 6.07) is 0. The minimum absolute atomic E-state index is 0.274. The molecule has 0 aromatic heterocycles. The third-order valence-electron chi connectivity index (χ3n) is 0.336. The van der Waals surface area contributed by atoms with Crippen molar-refractivity contribution in [3.8, 4) is 0 Å². The Labute approximate surface area is 41.7 Å². The van der Waals surface area contributed by atoms with Gasteiger partial charge < -0.3 is 4.74 Å². The van der Waals surface area contributed by atoms with E-state index in [1.54, 1.807) is 0 Å². The summed E-state index contributed by atoms with van der Waals surface area (Å²) in [6.07, 6.45) is 0. The van der Waals surface area contributed by atoms with Gasteiger partial charge in [0.05, 0.1) is 12.0 Å². The first kappa shape index (κ1) is 6.27. The van der Waals surface area contributed by atoms with Gasteiger partial charge in [0.15, 0.2) is 0 Å². The normalized spacial score (nSPS) is 9.00. The van der Waals surface area contributed by atoms with Crippen molar-refractivity contribution in [3.63, 3.8) is 0 Å². The molecule has 2 nitrogen and oxygen atoms in total. The lowest BCUT2D eigenvalue weighted by atomic mass is 10.9. The standard InChI is InChI=1S/C3H7O2S/c1-2-5-3-6-4/h2-3H2,1H3. The van der Waals surface area contributed by atoms with Crippen LogP contribution in [0.25, 0.3) is 0 Å². The van der Waals surface area contributed by atoms with Crippen molar-refractivity contribution in [2.45, 2.75) is 6.92 Å². The van der Waals surface area contributed by atoms with Crippen LogP contribution in [0.3, 0.4) is 0 Å². The maximum atomic E-state index is 9.48. The summed E-state index contributed by atoms with van der Waals surface area (Å²) in [5.74, 6) is 0.274. The molecule has 0 fully saturated rings. The molecule has 0 saturated carbocycles. The van der Waals surface area contributed by atoms with E-state index < -0.39 is 0 Å². The van der Waals surface area contributed by atoms with Crippen LogP contribution < -0.4 is 0 Å². The average Bonchev–Trinajstić information content (AvgIpc) is 1.61. The van der Waals surface area contributed by atoms with Gasteiger partial charge >= 0.3 is 0 Å². The second-order valence-electron chi connectivity index (χ2n) is 0.729. The van der Waals surface area contributed by atoms with Crippen molar-refractivity contribution < 1.29 is 9.29 Å². The zero-order chi connectivity index (χ0) is 4.83. The lowest BCUT2D eigenvalue weighted by Crippen LogP contribution is -1.84. The smallest absolute Gasteiger partial charge is 0.121 e. The van der Waals surface area contributed by atoms with Crippen LogP contribution in [-0.4, -0.2) is 12.5 Å². The van der Waals surface area contributed by atoms with Crippen molar-refractivity contribution in [1.29, 1.82) is 0 Å². The molecule has 0 spiro atoms. The highest BCUT2D eigenvalue weighted by atomic mass is 32.2. The van der Waals surface area contributed by atoms with Gasteiger partial charge in [-0.3, -0.25) is 0 Å². The molecule has 0 aliphatic rings. The highest BCUT2D eigenvalue weighted by Gasteiger charge is 1.76. The third-order valence-corrected chi connectivity index (χ3v) is 0.598. The Balaban J connectivity index is 2.34. The summed E-state index contributed by atoms with van der Waals surface area (Å²) >= 11 is 0.454. The largest absolute Gasteiger partial charge is 0.369 e. The second-order valence-corrected chi connectivity index (χ2v) is 1.20. The van der Waals surface area contributed by atoms with Crippen LogP contribution >= 0.6 is 12.0 Å². The van der Waals surface area contributed by atoms with Crippen LogP contribution in [0.2, 0.25) is 0 Å². The van der Waals surface area contributed by atoms with E-state index in [9.17, 15) is 4.55 Å². The first-order valence-corrected chi connectivity index (χ1v) is 2.65. The molecule has 0 aliphatic carbocycles. The van der Waals surface area contributed by atoms with Crippen molar-refractivity contribution in [2.75, 3.05) is 12.5 Å². The maximum absolute atomic E-state index is 9.48. The van der Waals surface area contributed by atoms with E-state index in [-0.39, 0.29) is 5.94 Å². The second kappa shape index (κ2) is 5.27. The van der Waals surface area contributed by atoms with Crippen LogP contribution in [0.1, 0.15) is 6.92 Å². The molecule has 6 heavy (non-hydrogen) atoms. The predicted molar refractivity (Wildman–Crippen MR) is 24.8 cm³/mol. The lowest BCUT2D eigenvalue weighted by molar-refractivity contribution is 0.194. The zero-order valence-electron chi connectivity index (χ0n) is 3.64. The molecule has 0 unspecified atom stereocenters. The maximum Gasteiger partial charge on any atom is 0.121 e. The summed E-state index contributed by atoms with van der Waals surface area (Å²) in [4.78, 5) is 0. The van der Waals surface area contributed by atoms with E-state index in [4.69, 9.17) is 0 Å².